The van der Waals surface area contributed by atoms with E-state index in [9.17, 15) is 4.79 Å². The fraction of sp³-hybridized carbons (Fsp3) is 0.750. The van der Waals surface area contributed by atoms with E-state index in [2.05, 4.69) is 22.6 Å². The van der Waals surface area contributed by atoms with Crippen molar-refractivity contribution in [2.24, 2.45) is 0 Å². The molecule has 22 heavy (non-hydrogen) atoms. The molecule has 6 heteroatoms. The summed E-state index contributed by atoms with van der Waals surface area (Å²) in [6, 6.07) is 0.488. The van der Waals surface area contributed by atoms with Crippen molar-refractivity contribution < 1.29 is 9.53 Å². The molecule has 1 N–H and O–H groups in total. The van der Waals surface area contributed by atoms with Crippen LogP contribution in [-0.4, -0.2) is 40.7 Å². The number of likely N-dealkylation sites (tertiary alicyclic amines) is 1. The number of nitrogens with zero attached hydrogens (tertiary/aromatic N) is 2. The first kappa shape index (κ1) is 17.2. The summed E-state index contributed by atoms with van der Waals surface area (Å²) >= 11 is 1.61. The van der Waals surface area contributed by atoms with Gasteiger partial charge in [0.25, 0.3) is 0 Å². The van der Waals surface area contributed by atoms with Crippen molar-refractivity contribution in [3.05, 3.63) is 16.6 Å². The SMILES string of the molecule is CC(NC1CCCCN(C(=O)OC(C)(C)C)C1)c1cscn1. The van der Waals surface area contributed by atoms with Gasteiger partial charge in [0.1, 0.15) is 5.60 Å². The Bertz CT molecular complexity index is 470. The number of carbonyl (C=O) groups excluding carboxylic acids is 1. The number of hydrogen-bond acceptors (Lipinski definition) is 5. The highest BCUT2D eigenvalue weighted by molar-refractivity contribution is 7.07. The molecule has 5 nitrogen and oxygen atoms in total. The van der Waals surface area contributed by atoms with Crippen molar-refractivity contribution in [2.75, 3.05) is 13.1 Å². The maximum Gasteiger partial charge on any atom is 0.410 e. The summed E-state index contributed by atoms with van der Waals surface area (Å²) in [5.74, 6) is 0. The minimum absolute atomic E-state index is 0.204. The van der Waals surface area contributed by atoms with Gasteiger partial charge in [-0.15, -0.1) is 11.3 Å². The van der Waals surface area contributed by atoms with E-state index in [1.54, 1.807) is 11.3 Å². The maximum absolute atomic E-state index is 12.3. The lowest BCUT2D eigenvalue weighted by molar-refractivity contribution is 0.0242. The van der Waals surface area contributed by atoms with E-state index in [1.807, 2.05) is 31.2 Å². The molecule has 1 aliphatic heterocycles. The average Bonchev–Trinajstić information content (AvgIpc) is 2.84. The Morgan fingerprint density at radius 1 is 1.50 bits per heavy atom. The van der Waals surface area contributed by atoms with Crippen LogP contribution in [-0.2, 0) is 4.74 Å². The third-order valence-electron chi connectivity index (χ3n) is 3.70. The van der Waals surface area contributed by atoms with Crippen molar-refractivity contribution >= 4 is 17.4 Å². The number of thiazole rings is 1. The highest BCUT2D eigenvalue weighted by Gasteiger charge is 2.27. The van der Waals surface area contributed by atoms with Crippen LogP contribution in [0.5, 0.6) is 0 Å². The van der Waals surface area contributed by atoms with Crippen LogP contribution in [0.2, 0.25) is 0 Å². The molecular formula is C16H27N3O2S. The Morgan fingerprint density at radius 3 is 2.91 bits per heavy atom. The van der Waals surface area contributed by atoms with Gasteiger partial charge < -0.3 is 15.0 Å². The third-order valence-corrected chi connectivity index (χ3v) is 4.31. The first-order chi connectivity index (χ1) is 10.3. The Labute approximate surface area is 137 Å². The largest absolute Gasteiger partial charge is 0.444 e. The van der Waals surface area contributed by atoms with E-state index in [0.29, 0.717) is 6.54 Å². The topological polar surface area (TPSA) is 54.5 Å². The van der Waals surface area contributed by atoms with E-state index in [4.69, 9.17) is 4.74 Å². The summed E-state index contributed by atoms with van der Waals surface area (Å²) in [4.78, 5) is 18.5. The number of carbonyl (C=O) groups is 1. The lowest BCUT2D eigenvalue weighted by atomic mass is 10.1. The molecule has 1 fully saturated rings. The smallest absolute Gasteiger partial charge is 0.410 e. The predicted octanol–water partition coefficient (Wildman–Crippen LogP) is 3.58. The molecule has 124 valence electrons. The van der Waals surface area contributed by atoms with Gasteiger partial charge in [-0.3, -0.25) is 0 Å². The van der Waals surface area contributed by atoms with Gasteiger partial charge in [0.05, 0.1) is 11.2 Å². The van der Waals surface area contributed by atoms with Crippen molar-refractivity contribution in [1.29, 1.82) is 0 Å². The normalized spacial score (nSPS) is 21.3. The lowest BCUT2D eigenvalue weighted by Crippen LogP contribution is -2.45. The minimum Gasteiger partial charge on any atom is -0.444 e. The monoisotopic (exact) mass is 325 g/mol. The van der Waals surface area contributed by atoms with E-state index in [1.165, 1.54) is 0 Å². The first-order valence-corrected chi connectivity index (χ1v) is 8.91. The Balaban J connectivity index is 1.93. The Hall–Kier alpha value is -1.14. The highest BCUT2D eigenvalue weighted by Crippen LogP contribution is 2.19. The quantitative estimate of drug-likeness (QED) is 0.923. The number of nitrogens with one attached hydrogen (secondary N) is 1. The summed E-state index contributed by atoms with van der Waals surface area (Å²) in [5, 5.41) is 5.67. The average molecular weight is 325 g/mol. The van der Waals surface area contributed by atoms with Gasteiger partial charge in [-0.05, 0) is 40.5 Å². The summed E-state index contributed by atoms with van der Waals surface area (Å²) in [5.41, 5.74) is 2.48. The van der Waals surface area contributed by atoms with Crippen molar-refractivity contribution in [2.45, 2.75) is 64.6 Å². The zero-order chi connectivity index (χ0) is 16.2. The molecular weight excluding hydrogens is 298 g/mol. The molecule has 0 spiro atoms. The fourth-order valence-corrected chi connectivity index (χ4v) is 3.29. The third kappa shape index (κ3) is 5.25. The predicted molar refractivity (Wildman–Crippen MR) is 89.1 cm³/mol. The van der Waals surface area contributed by atoms with Crippen LogP contribution >= 0.6 is 11.3 Å². The van der Waals surface area contributed by atoms with Crippen molar-refractivity contribution in [3.63, 3.8) is 0 Å². The summed E-state index contributed by atoms with van der Waals surface area (Å²) < 4.78 is 5.51. The molecule has 0 radical (unpaired) electrons. The molecule has 2 atom stereocenters. The lowest BCUT2D eigenvalue weighted by Gasteiger charge is -2.29. The molecule has 2 unspecified atom stereocenters. The molecule has 1 amide bonds. The van der Waals surface area contributed by atoms with Gasteiger partial charge >= 0.3 is 6.09 Å². The first-order valence-electron chi connectivity index (χ1n) is 7.97. The molecule has 1 aromatic rings. The van der Waals surface area contributed by atoms with Crippen molar-refractivity contribution in [3.8, 4) is 0 Å². The highest BCUT2D eigenvalue weighted by atomic mass is 32.1. The second kappa shape index (κ2) is 7.42. The second-order valence-electron chi connectivity index (χ2n) is 6.92. The van der Waals surface area contributed by atoms with Crippen LogP contribution in [0.25, 0.3) is 0 Å². The molecule has 0 bridgehead atoms. The van der Waals surface area contributed by atoms with Gasteiger partial charge in [0.2, 0.25) is 0 Å². The number of ether oxygens (including phenoxy) is 1. The number of hydrogen-bond donors (Lipinski definition) is 1. The van der Waals surface area contributed by atoms with Crippen LogP contribution in [0, 0.1) is 0 Å². The molecule has 0 aliphatic carbocycles. The van der Waals surface area contributed by atoms with Gasteiger partial charge in [-0.1, -0.05) is 6.42 Å². The number of rotatable bonds is 3. The number of amides is 1. The summed E-state index contributed by atoms with van der Waals surface area (Å²) in [7, 11) is 0. The van der Waals surface area contributed by atoms with Crippen LogP contribution < -0.4 is 5.32 Å². The maximum atomic E-state index is 12.3. The van der Waals surface area contributed by atoms with E-state index in [0.717, 1.165) is 31.5 Å². The molecule has 1 saturated heterocycles. The van der Waals surface area contributed by atoms with Gasteiger partial charge in [-0.2, -0.15) is 0 Å². The van der Waals surface area contributed by atoms with Crippen LogP contribution in [0.4, 0.5) is 4.79 Å². The molecule has 0 aromatic carbocycles. The Morgan fingerprint density at radius 2 is 2.27 bits per heavy atom. The van der Waals surface area contributed by atoms with Gasteiger partial charge in [-0.25, -0.2) is 9.78 Å². The van der Waals surface area contributed by atoms with Crippen molar-refractivity contribution in [1.82, 2.24) is 15.2 Å². The van der Waals surface area contributed by atoms with E-state index < -0.39 is 5.60 Å². The summed E-state index contributed by atoms with van der Waals surface area (Å²) in [6.45, 7) is 9.31. The van der Waals surface area contributed by atoms with E-state index in [-0.39, 0.29) is 18.2 Å². The molecule has 0 saturated carbocycles. The van der Waals surface area contributed by atoms with Crippen LogP contribution in [0.3, 0.4) is 0 Å². The standard InChI is InChI=1S/C16H27N3O2S/c1-12(14-10-22-11-17-14)18-13-7-5-6-8-19(9-13)15(20)21-16(2,3)4/h10-13,18H,5-9H2,1-4H3. The minimum atomic E-state index is -0.444. The molecule has 1 aliphatic rings. The fourth-order valence-electron chi connectivity index (χ4n) is 2.65. The summed E-state index contributed by atoms with van der Waals surface area (Å²) in [6.07, 6.45) is 3.03. The van der Waals surface area contributed by atoms with Crippen LogP contribution in [0.15, 0.2) is 10.9 Å². The second-order valence-corrected chi connectivity index (χ2v) is 7.64. The van der Waals surface area contributed by atoms with Crippen LogP contribution in [0.1, 0.15) is 58.7 Å². The molecule has 2 heterocycles. The zero-order valence-electron chi connectivity index (χ0n) is 14.0. The molecule has 1 aromatic heterocycles. The van der Waals surface area contributed by atoms with Gasteiger partial charge in [0.15, 0.2) is 0 Å². The Kier molecular flexibility index (Phi) is 5.81. The van der Waals surface area contributed by atoms with Gasteiger partial charge in [0, 0.05) is 30.6 Å². The number of aromatic nitrogens is 1. The zero-order valence-corrected chi connectivity index (χ0v) is 14.8. The van der Waals surface area contributed by atoms with E-state index >= 15 is 0 Å². The molecule has 2 rings (SSSR count).